The first-order valence-electron chi connectivity index (χ1n) is 10.4. The van der Waals surface area contributed by atoms with Crippen LogP contribution in [0, 0.1) is 0 Å². The number of hydrogen-bond donors (Lipinski definition) is 1. The van der Waals surface area contributed by atoms with Crippen LogP contribution >= 0.6 is 0 Å². The number of carbonyl (C=O) groups excluding carboxylic acids is 2. The van der Waals surface area contributed by atoms with Crippen molar-refractivity contribution in [3.05, 3.63) is 54.1 Å². The van der Waals surface area contributed by atoms with Gasteiger partial charge in [-0.3, -0.25) is 9.59 Å². The molecule has 2 aliphatic rings. The van der Waals surface area contributed by atoms with Crippen molar-refractivity contribution in [3.63, 3.8) is 0 Å². The Morgan fingerprint density at radius 1 is 1.10 bits per heavy atom. The first-order valence-corrected chi connectivity index (χ1v) is 10.4. The maximum atomic E-state index is 13.1. The summed E-state index contributed by atoms with van der Waals surface area (Å²) in [4.78, 5) is 35.7. The lowest BCUT2D eigenvalue weighted by Gasteiger charge is -2.41. The van der Waals surface area contributed by atoms with E-state index in [9.17, 15) is 9.59 Å². The molecule has 2 aromatic rings. The second-order valence-electron chi connectivity index (χ2n) is 7.56. The van der Waals surface area contributed by atoms with Crippen LogP contribution in [-0.4, -0.2) is 65.1 Å². The van der Waals surface area contributed by atoms with Gasteiger partial charge in [0.1, 0.15) is 12.4 Å². The summed E-state index contributed by atoms with van der Waals surface area (Å²) in [6.07, 6.45) is 6.18. The zero-order chi connectivity index (χ0) is 20.8. The molecule has 1 aromatic carbocycles. The lowest BCUT2D eigenvalue weighted by atomic mass is 9.91. The van der Waals surface area contributed by atoms with Crippen LogP contribution in [0.25, 0.3) is 0 Å². The quantitative estimate of drug-likeness (QED) is 0.768. The van der Waals surface area contributed by atoms with E-state index in [2.05, 4.69) is 21.4 Å². The third-order valence-corrected chi connectivity index (χ3v) is 5.54. The van der Waals surface area contributed by atoms with Gasteiger partial charge in [-0.1, -0.05) is 18.2 Å². The third-order valence-electron chi connectivity index (χ3n) is 5.54. The Kier molecular flexibility index (Phi) is 6.23. The summed E-state index contributed by atoms with van der Waals surface area (Å²) < 4.78 is 11.9. The van der Waals surface area contributed by atoms with E-state index in [1.807, 2.05) is 18.2 Å². The zero-order valence-corrected chi connectivity index (χ0v) is 16.9. The second-order valence-corrected chi connectivity index (χ2v) is 7.56. The van der Waals surface area contributed by atoms with Crippen molar-refractivity contribution in [3.8, 4) is 5.75 Å². The number of carbonyl (C=O) groups is 2. The summed E-state index contributed by atoms with van der Waals surface area (Å²) in [5, 5.41) is 2.93. The number of aryl methyl sites for hydroxylation is 1. The Morgan fingerprint density at radius 2 is 1.93 bits per heavy atom. The molecule has 0 radical (unpaired) electrons. The van der Waals surface area contributed by atoms with Crippen LogP contribution in [-0.2, 0) is 16.0 Å². The molecule has 1 N–H and O–H groups in total. The largest absolute Gasteiger partial charge is 0.491 e. The van der Waals surface area contributed by atoms with Crippen LogP contribution in [0.1, 0.15) is 35.4 Å². The molecule has 0 bridgehead atoms. The highest BCUT2D eigenvalue weighted by Gasteiger charge is 2.44. The van der Waals surface area contributed by atoms with E-state index in [1.165, 1.54) is 18.0 Å². The molecule has 1 aromatic heterocycles. The minimum absolute atomic E-state index is 0.133. The van der Waals surface area contributed by atoms with Crippen LogP contribution in [0.15, 0.2) is 42.7 Å². The fourth-order valence-corrected chi connectivity index (χ4v) is 3.97. The van der Waals surface area contributed by atoms with Crippen LogP contribution in [0.3, 0.4) is 0 Å². The Labute approximate surface area is 175 Å². The number of nitrogens with zero attached hydrogens (tertiary/aromatic N) is 3. The molecule has 3 heterocycles. The minimum atomic E-state index is -1.07. The van der Waals surface area contributed by atoms with Crippen molar-refractivity contribution in [2.45, 2.75) is 31.3 Å². The van der Waals surface area contributed by atoms with Crippen LogP contribution in [0.2, 0.25) is 0 Å². The van der Waals surface area contributed by atoms with Crippen molar-refractivity contribution >= 4 is 11.8 Å². The fourth-order valence-electron chi connectivity index (χ4n) is 3.97. The number of benzene rings is 1. The monoisotopic (exact) mass is 410 g/mol. The third kappa shape index (κ3) is 4.43. The first kappa shape index (κ1) is 20.3. The van der Waals surface area contributed by atoms with Gasteiger partial charge in [0.2, 0.25) is 5.82 Å². The summed E-state index contributed by atoms with van der Waals surface area (Å²) in [5.74, 6) is 0.518. The van der Waals surface area contributed by atoms with Crippen molar-refractivity contribution in [2.75, 3.05) is 32.8 Å². The summed E-state index contributed by atoms with van der Waals surface area (Å²) >= 11 is 0. The number of rotatable bonds is 1. The Balaban J connectivity index is 1.50. The number of hydrogen-bond acceptors (Lipinski definition) is 6. The van der Waals surface area contributed by atoms with Gasteiger partial charge >= 0.3 is 0 Å². The number of amides is 2. The summed E-state index contributed by atoms with van der Waals surface area (Å²) in [7, 11) is 0. The van der Waals surface area contributed by atoms with Crippen molar-refractivity contribution in [1.82, 2.24) is 20.2 Å². The molecule has 8 heteroatoms. The number of ether oxygens (including phenoxy) is 2. The number of nitrogens with one attached hydrogen (secondary N) is 1. The topological polar surface area (TPSA) is 93.7 Å². The van der Waals surface area contributed by atoms with E-state index in [4.69, 9.17) is 9.47 Å². The second kappa shape index (κ2) is 9.21. The van der Waals surface area contributed by atoms with Crippen molar-refractivity contribution in [1.29, 1.82) is 0 Å². The van der Waals surface area contributed by atoms with Crippen molar-refractivity contribution < 1.29 is 19.1 Å². The van der Waals surface area contributed by atoms with Crippen molar-refractivity contribution in [2.24, 2.45) is 0 Å². The molecule has 158 valence electrons. The van der Waals surface area contributed by atoms with E-state index in [0.29, 0.717) is 32.7 Å². The smallest absolute Gasteiger partial charge is 0.291 e. The molecule has 8 nitrogen and oxygen atoms in total. The van der Waals surface area contributed by atoms with Gasteiger partial charge in [0.25, 0.3) is 11.8 Å². The van der Waals surface area contributed by atoms with Gasteiger partial charge in [-0.05, 0) is 43.4 Å². The van der Waals surface area contributed by atoms with E-state index in [1.54, 1.807) is 11.0 Å². The minimum Gasteiger partial charge on any atom is -0.491 e. The number of para-hydroxylation sites is 1. The van der Waals surface area contributed by atoms with Gasteiger partial charge in [-0.2, -0.15) is 0 Å². The maximum absolute atomic E-state index is 13.1. The molecule has 0 aliphatic carbocycles. The predicted molar refractivity (Wildman–Crippen MR) is 109 cm³/mol. The van der Waals surface area contributed by atoms with Gasteiger partial charge in [0.15, 0.2) is 5.60 Å². The molecule has 1 atom stereocenters. The molecule has 1 saturated heterocycles. The average Bonchev–Trinajstić information content (AvgIpc) is 2.79. The normalized spacial score (nSPS) is 22.8. The van der Waals surface area contributed by atoms with E-state index >= 15 is 0 Å². The van der Waals surface area contributed by atoms with Crippen LogP contribution < -0.4 is 10.1 Å². The Hall–Kier alpha value is -3.00. The standard InChI is InChI=1S/C22H26N4O4/c27-20(19-23-10-5-11-24-19)26-13-15-30-22(16-26)9-4-3-7-17-6-1-2-8-18(17)29-14-12-25-21(22)28/h1-2,5-6,8,10-11H,3-4,7,9,12-16H2,(H,25,28). The fraction of sp³-hybridized carbons (Fsp3) is 0.455. The predicted octanol–water partition coefficient (Wildman–Crippen LogP) is 1.61. The lowest BCUT2D eigenvalue weighted by Crippen LogP contribution is -2.61. The SMILES string of the molecule is O=C(c1ncccn1)N1CCOC2(CCCCc3ccccc3OCCNC2=O)C1. The molecule has 2 amide bonds. The molecular formula is C22H26N4O4. The molecule has 1 fully saturated rings. The highest BCUT2D eigenvalue weighted by molar-refractivity contribution is 5.92. The first-order chi connectivity index (χ1) is 14.7. The lowest BCUT2D eigenvalue weighted by molar-refractivity contribution is -0.159. The van der Waals surface area contributed by atoms with Gasteiger partial charge in [-0.15, -0.1) is 0 Å². The molecule has 1 unspecified atom stereocenters. The molecule has 1 spiro atoms. The Bertz CT molecular complexity index is 892. The highest BCUT2D eigenvalue weighted by Crippen LogP contribution is 2.28. The average molecular weight is 410 g/mol. The zero-order valence-electron chi connectivity index (χ0n) is 16.9. The Morgan fingerprint density at radius 3 is 2.80 bits per heavy atom. The van der Waals surface area contributed by atoms with E-state index in [-0.39, 0.29) is 24.2 Å². The molecule has 2 aliphatic heterocycles. The van der Waals surface area contributed by atoms with E-state index in [0.717, 1.165) is 25.0 Å². The van der Waals surface area contributed by atoms with E-state index < -0.39 is 5.60 Å². The number of aromatic nitrogens is 2. The van der Waals surface area contributed by atoms with Gasteiger partial charge in [0.05, 0.1) is 19.7 Å². The summed E-state index contributed by atoms with van der Waals surface area (Å²) in [6.45, 7) is 1.63. The number of morpholine rings is 1. The summed E-state index contributed by atoms with van der Waals surface area (Å²) in [5.41, 5.74) is 0.0996. The molecule has 30 heavy (non-hydrogen) atoms. The maximum Gasteiger partial charge on any atom is 0.291 e. The molecule has 4 rings (SSSR count). The van der Waals surface area contributed by atoms with Gasteiger partial charge in [-0.25, -0.2) is 9.97 Å². The van der Waals surface area contributed by atoms with Crippen LogP contribution in [0.4, 0.5) is 0 Å². The molecule has 0 saturated carbocycles. The van der Waals surface area contributed by atoms with Gasteiger partial charge < -0.3 is 19.7 Å². The molecular weight excluding hydrogens is 384 g/mol. The number of fused-ring (bicyclic) bond motifs is 1. The highest BCUT2D eigenvalue weighted by atomic mass is 16.5. The van der Waals surface area contributed by atoms with Crippen LogP contribution in [0.5, 0.6) is 5.75 Å². The van der Waals surface area contributed by atoms with Gasteiger partial charge in [0, 0.05) is 18.9 Å². The summed E-state index contributed by atoms with van der Waals surface area (Å²) in [6, 6.07) is 9.67.